The second kappa shape index (κ2) is 6.73. The van der Waals surface area contributed by atoms with Crippen LogP contribution in [0.3, 0.4) is 0 Å². The van der Waals surface area contributed by atoms with Crippen molar-refractivity contribution in [2.75, 3.05) is 11.9 Å². The molecule has 0 bridgehead atoms. The third-order valence-electron chi connectivity index (χ3n) is 4.08. The number of likely N-dealkylation sites (tertiary alicyclic amines) is 1. The highest BCUT2D eigenvalue weighted by Crippen LogP contribution is 2.23. The minimum absolute atomic E-state index is 0.0199. The number of amides is 1. The first-order chi connectivity index (χ1) is 10.5. The van der Waals surface area contributed by atoms with Crippen LogP contribution >= 0.6 is 0 Å². The van der Waals surface area contributed by atoms with E-state index >= 15 is 0 Å². The fourth-order valence-corrected chi connectivity index (χ4v) is 2.91. The number of aryl methyl sites for hydroxylation is 1. The summed E-state index contributed by atoms with van der Waals surface area (Å²) in [7, 11) is 0. The van der Waals surface area contributed by atoms with Gasteiger partial charge in [0.15, 0.2) is 5.82 Å². The van der Waals surface area contributed by atoms with Gasteiger partial charge < -0.3 is 10.2 Å². The molecule has 0 saturated carbocycles. The Bertz CT molecular complexity index is 605. The lowest BCUT2D eigenvalue weighted by Crippen LogP contribution is -2.34. The van der Waals surface area contributed by atoms with E-state index in [1.165, 1.54) is 0 Å². The van der Waals surface area contributed by atoms with Crippen LogP contribution in [0.25, 0.3) is 0 Å². The summed E-state index contributed by atoms with van der Waals surface area (Å²) < 4.78 is 0. The largest absolute Gasteiger partial charge is 0.362 e. The van der Waals surface area contributed by atoms with Crippen LogP contribution < -0.4 is 5.32 Å². The van der Waals surface area contributed by atoms with Crippen LogP contribution in [0.15, 0.2) is 0 Å². The number of carbonyl (C=O) groups is 1. The fourth-order valence-electron chi connectivity index (χ4n) is 2.91. The normalized spacial score (nSPS) is 17.9. The van der Waals surface area contributed by atoms with Gasteiger partial charge in [0.05, 0.1) is 11.7 Å². The Balaban J connectivity index is 2.24. The Morgan fingerprint density at radius 2 is 2.09 bits per heavy atom. The third kappa shape index (κ3) is 3.03. The van der Waals surface area contributed by atoms with Crippen molar-refractivity contribution in [3.63, 3.8) is 0 Å². The summed E-state index contributed by atoms with van der Waals surface area (Å²) in [5.41, 5.74) is 2.38. The molecule has 0 aromatic carbocycles. The molecule has 6 nitrogen and oxygen atoms in total. The summed E-state index contributed by atoms with van der Waals surface area (Å²) in [6.07, 6.45) is 1.94. The summed E-state index contributed by atoms with van der Waals surface area (Å²) in [6, 6.07) is 2.41. The quantitative estimate of drug-likeness (QED) is 0.898. The van der Waals surface area contributed by atoms with Gasteiger partial charge in [-0.05, 0) is 32.3 Å². The number of hydrogen-bond donors (Lipinski definition) is 1. The van der Waals surface area contributed by atoms with E-state index in [4.69, 9.17) is 0 Å². The van der Waals surface area contributed by atoms with E-state index in [0.29, 0.717) is 24.3 Å². The second-order valence-electron chi connectivity index (χ2n) is 5.85. The van der Waals surface area contributed by atoms with Gasteiger partial charge in [-0.15, -0.1) is 5.10 Å². The molecule has 1 unspecified atom stereocenters. The molecule has 0 spiro atoms. The van der Waals surface area contributed by atoms with Crippen molar-refractivity contribution in [1.82, 2.24) is 15.1 Å². The van der Waals surface area contributed by atoms with Crippen molar-refractivity contribution < 1.29 is 4.79 Å². The first kappa shape index (κ1) is 16.2. The van der Waals surface area contributed by atoms with Gasteiger partial charge in [0.2, 0.25) is 5.91 Å². The molecule has 1 saturated heterocycles. The van der Waals surface area contributed by atoms with Crippen LogP contribution in [0.1, 0.15) is 50.9 Å². The summed E-state index contributed by atoms with van der Waals surface area (Å²) in [5, 5.41) is 21.1. The van der Waals surface area contributed by atoms with E-state index in [9.17, 15) is 10.1 Å². The Kier molecular flexibility index (Phi) is 4.96. The zero-order valence-corrected chi connectivity index (χ0v) is 13.7. The molecule has 1 fully saturated rings. The molecule has 22 heavy (non-hydrogen) atoms. The number of carbonyl (C=O) groups excluding carboxylic acids is 1. The molecule has 1 N–H and O–H groups in total. The number of nitrogens with zero attached hydrogens (tertiary/aromatic N) is 4. The minimum Gasteiger partial charge on any atom is -0.362 e. The Hall–Kier alpha value is -2.16. The molecule has 118 valence electrons. The zero-order chi connectivity index (χ0) is 16.3. The average Bonchev–Trinajstić information content (AvgIpc) is 2.87. The molecule has 2 heterocycles. The predicted octanol–water partition coefficient (Wildman–Crippen LogP) is 1.89. The summed E-state index contributed by atoms with van der Waals surface area (Å²) in [6.45, 7) is 8.67. The van der Waals surface area contributed by atoms with Crippen LogP contribution in [-0.4, -0.2) is 39.6 Å². The zero-order valence-electron chi connectivity index (χ0n) is 13.7. The summed E-state index contributed by atoms with van der Waals surface area (Å²) in [5.74, 6) is 0.639. The van der Waals surface area contributed by atoms with E-state index < -0.39 is 0 Å². The number of aromatic nitrogens is 2. The number of nitrogens with one attached hydrogen (secondary N) is 1. The second-order valence-corrected chi connectivity index (χ2v) is 5.85. The molecule has 1 aromatic heterocycles. The number of nitriles is 1. The maximum absolute atomic E-state index is 12.0. The average molecular weight is 301 g/mol. The van der Waals surface area contributed by atoms with Crippen LogP contribution in [0, 0.1) is 11.3 Å². The highest BCUT2D eigenvalue weighted by molar-refractivity contribution is 5.80. The highest BCUT2D eigenvalue weighted by Gasteiger charge is 2.32. The first-order valence-corrected chi connectivity index (χ1v) is 7.86. The van der Waals surface area contributed by atoms with Gasteiger partial charge in [0.25, 0.3) is 0 Å². The molecule has 0 aliphatic carbocycles. The van der Waals surface area contributed by atoms with Gasteiger partial charge in [-0.3, -0.25) is 4.79 Å². The molecule has 6 heteroatoms. The molecular weight excluding hydrogens is 278 g/mol. The molecule has 0 radical (unpaired) electrons. The van der Waals surface area contributed by atoms with Gasteiger partial charge in [0, 0.05) is 19.0 Å². The van der Waals surface area contributed by atoms with Crippen LogP contribution in [-0.2, 0) is 17.6 Å². The van der Waals surface area contributed by atoms with Gasteiger partial charge >= 0.3 is 0 Å². The van der Waals surface area contributed by atoms with Crippen molar-refractivity contribution in [2.24, 2.45) is 0 Å². The molecule has 1 aliphatic rings. The van der Waals surface area contributed by atoms with E-state index in [0.717, 1.165) is 24.1 Å². The lowest BCUT2D eigenvalue weighted by Gasteiger charge is -2.21. The van der Waals surface area contributed by atoms with Gasteiger partial charge in [-0.25, -0.2) is 0 Å². The Morgan fingerprint density at radius 1 is 1.36 bits per heavy atom. The number of anilines is 1. The van der Waals surface area contributed by atoms with Gasteiger partial charge in [0.1, 0.15) is 11.6 Å². The predicted molar refractivity (Wildman–Crippen MR) is 84.4 cm³/mol. The topological polar surface area (TPSA) is 81.9 Å². The smallest absolute Gasteiger partial charge is 0.225 e. The van der Waals surface area contributed by atoms with E-state index in [-0.39, 0.29) is 18.0 Å². The molecule has 2 rings (SSSR count). The van der Waals surface area contributed by atoms with E-state index in [1.807, 2.05) is 32.6 Å². The SMILES string of the molecule is CCc1nnc(NC2CC(=O)N(C(C)C)C2)c(C#N)c1CC. The lowest BCUT2D eigenvalue weighted by molar-refractivity contribution is -0.129. The van der Waals surface area contributed by atoms with Crippen LogP contribution in [0.5, 0.6) is 0 Å². The highest BCUT2D eigenvalue weighted by atomic mass is 16.2. The summed E-state index contributed by atoms with van der Waals surface area (Å²) in [4.78, 5) is 13.8. The standard InChI is InChI=1S/C16H23N5O/c1-5-12-13(8-17)16(20-19-14(12)6-2)18-11-7-15(22)21(9-11)10(3)4/h10-11H,5-7,9H2,1-4H3,(H,18,20). The maximum Gasteiger partial charge on any atom is 0.225 e. The first-order valence-electron chi connectivity index (χ1n) is 7.86. The van der Waals surface area contributed by atoms with Crippen molar-refractivity contribution in [3.8, 4) is 6.07 Å². The van der Waals surface area contributed by atoms with Crippen molar-refractivity contribution in [3.05, 3.63) is 16.8 Å². The maximum atomic E-state index is 12.0. The van der Waals surface area contributed by atoms with Crippen LogP contribution in [0.2, 0.25) is 0 Å². The van der Waals surface area contributed by atoms with Crippen LogP contribution in [0.4, 0.5) is 5.82 Å². The van der Waals surface area contributed by atoms with Gasteiger partial charge in [-0.1, -0.05) is 13.8 Å². The van der Waals surface area contributed by atoms with E-state index in [2.05, 4.69) is 21.6 Å². The Labute approximate surface area is 131 Å². The molecule has 1 atom stereocenters. The van der Waals surface area contributed by atoms with Crippen molar-refractivity contribution in [2.45, 2.75) is 59.0 Å². The molecule has 1 aromatic rings. The monoisotopic (exact) mass is 301 g/mol. The molecular formula is C16H23N5O. The molecule has 1 aliphatic heterocycles. The fraction of sp³-hybridized carbons (Fsp3) is 0.625. The lowest BCUT2D eigenvalue weighted by atomic mass is 10.0. The van der Waals surface area contributed by atoms with Crippen molar-refractivity contribution in [1.29, 1.82) is 5.26 Å². The number of hydrogen-bond acceptors (Lipinski definition) is 5. The third-order valence-corrected chi connectivity index (χ3v) is 4.08. The number of rotatable bonds is 5. The van der Waals surface area contributed by atoms with Gasteiger partial charge in [-0.2, -0.15) is 10.4 Å². The summed E-state index contributed by atoms with van der Waals surface area (Å²) >= 11 is 0. The van der Waals surface area contributed by atoms with Crippen molar-refractivity contribution >= 4 is 11.7 Å². The Morgan fingerprint density at radius 3 is 2.59 bits per heavy atom. The minimum atomic E-state index is -0.0199. The molecule has 1 amide bonds. The van der Waals surface area contributed by atoms with E-state index in [1.54, 1.807) is 0 Å².